The molecule has 1 aromatic carbocycles. The molecule has 15 heavy (non-hydrogen) atoms. The monoisotopic (exact) mass is 196 g/mol. The van der Waals surface area contributed by atoms with Crippen molar-refractivity contribution in [1.29, 1.82) is 10.5 Å². The van der Waals surface area contributed by atoms with Crippen LogP contribution >= 0.6 is 0 Å². The zero-order valence-corrected chi connectivity index (χ0v) is 8.86. The molecule has 0 aliphatic heterocycles. The van der Waals surface area contributed by atoms with E-state index >= 15 is 0 Å². The van der Waals surface area contributed by atoms with Crippen LogP contribution in [0.1, 0.15) is 19.4 Å². The van der Waals surface area contributed by atoms with Gasteiger partial charge >= 0.3 is 0 Å². The SMILES string of the molecule is CC(C)C(C#N)=C(C#N)c1ccccc1. The van der Waals surface area contributed by atoms with Crippen LogP contribution in [0.25, 0.3) is 5.57 Å². The molecule has 1 rings (SSSR count). The molecule has 0 saturated heterocycles. The Morgan fingerprint density at radius 2 is 1.67 bits per heavy atom. The molecule has 0 N–H and O–H groups in total. The lowest BCUT2D eigenvalue weighted by Gasteiger charge is -2.06. The lowest BCUT2D eigenvalue weighted by atomic mass is 9.94. The van der Waals surface area contributed by atoms with Crippen molar-refractivity contribution in [3.8, 4) is 12.1 Å². The molecule has 1 aromatic rings. The maximum atomic E-state index is 9.07. The van der Waals surface area contributed by atoms with Crippen molar-refractivity contribution in [3.63, 3.8) is 0 Å². The summed E-state index contributed by atoms with van der Waals surface area (Å²) < 4.78 is 0. The molecule has 0 unspecified atom stereocenters. The fourth-order valence-electron chi connectivity index (χ4n) is 1.36. The molecule has 2 nitrogen and oxygen atoms in total. The first-order valence-electron chi connectivity index (χ1n) is 4.80. The standard InChI is InChI=1S/C13H12N2/c1-10(2)12(8-14)13(9-15)11-6-4-3-5-7-11/h3-7,10H,1-2H3. The Bertz CT molecular complexity index is 442. The predicted octanol–water partition coefficient (Wildman–Crippen LogP) is 3.14. The first-order valence-corrected chi connectivity index (χ1v) is 4.80. The Kier molecular flexibility index (Phi) is 3.66. The van der Waals surface area contributed by atoms with Gasteiger partial charge in [0.05, 0.1) is 17.2 Å². The van der Waals surface area contributed by atoms with Crippen LogP contribution in [0.3, 0.4) is 0 Å². The van der Waals surface area contributed by atoms with E-state index in [1.165, 1.54) is 0 Å². The second-order valence-corrected chi connectivity index (χ2v) is 3.53. The Hall–Kier alpha value is -2.06. The smallest absolute Gasteiger partial charge is 0.101 e. The van der Waals surface area contributed by atoms with Crippen LogP contribution in [0.4, 0.5) is 0 Å². The van der Waals surface area contributed by atoms with Crippen LogP contribution in [-0.4, -0.2) is 0 Å². The van der Waals surface area contributed by atoms with Gasteiger partial charge in [-0.2, -0.15) is 10.5 Å². The summed E-state index contributed by atoms with van der Waals surface area (Å²) in [6.07, 6.45) is 0. The van der Waals surface area contributed by atoms with Gasteiger partial charge in [-0.3, -0.25) is 0 Å². The zero-order chi connectivity index (χ0) is 11.3. The molecule has 0 aliphatic carbocycles. The van der Waals surface area contributed by atoms with Crippen molar-refractivity contribution in [2.75, 3.05) is 0 Å². The summed E-state index contributed by atoms with van der Waals surface area (Å²) in [5, 5.41) is 18.1. The molecule has 74 valence electrons. The van der Waals surface area contributed by atoms with Crippen molar-refractivity contribution in [2.45, 2.75) is 13.8 Å². The average molecular weight is 196 g/mol. The van der Waals surface area contributed by atoms with E-state index in [0.29, 0.717) is 11.1 Å². The maximum absolute atomic E-state index is 9.07. The van der Waals surface area contributed by atoms with Crippen molar-refractivity contribution in [1.82, 2.24) is 0 Å². The topological polar surface area (TPSA) is 47.6 Å². The first-order chi connectivity index (χ1) is 7.20. The van der Waals surface area contributed by atoms with Crippen LogP contribution in [0.5, 0.6) is 0 Å². The number of nitrogens with zero attached hydrogens (tertiary/aromatic N) is 2. The minimum absolute atomic E-state index is 0.0739. The van der Waals surface area contributed by atoms with Crippen LogP contribution in [0.15, 0.2) is 35.9 Å². The highest BCUT2D eigenvalue weighted by molar-refractivity contribution is 5.81. The summed E-state index contributed by atoms with van der Waals surface area (Å²) in [6.45, 7) is 3.83. The van der Waals surface area contributed by atoms with E-state index in [4.69, 9.17) is 10.5 Å². The molecule has 0 amide bonds. The van der Waals surface area contributed by atoms with E-state index in [1.54, 1.807) is 0 Å². The number of hydrogen-bond donors (Lipinski definition) is 0. The van der Waals surface area contributed by atoms with Gasteiger partial charge in [-0.25, -0.2) is 0 Å². The molecule has 0 aromatic heterocycles. The second kappa shape index (κ2) is 4.98. The van der Waals surface area contributed by atoms with E-state index in [2.05, 4.69) is 12.1 Å². The molecule has 0 bridgehead atoms. The van der Waals surface area contributed by atoms with Crippen molar-refractivity contribution >= 4 is 5.57 Å². The Morgan fingerprint density at radius 3 is 2.07 bits per heavy atom. The van der Waals surface area contributed by atoms with E-state index < -0.39 is 0 Å². The Morgan fingerprint density at radius 1 is 1.07 bits per heavy atom. The molecule has 0 heterocycles. The van der Waals surface area contributed by atoms with E-state index in [-0.39, 0.29) is 5.92 Å². The first kappa shape index (κ1) is 11.0. The fraction of sp³-hybridized carbons (Fsp3) is 0.231. The summed E-state index contributed by atoms with van der Waals surface area (Å²) in [6, 6.07) is 13.5. The third-order valence-corrected chi connectivity index (χ3v) is 2.14. The van der Waals surface area contributed by atoms with E-state index in [0.717, 1.165) is 5.56 Å². The molecular formula is C13H12N2. The second-order valence-electron chi connectivity index (χ2n) is 3.53. The van der Waals surface area contributed by atoms with Gasteiger partial charge in [-0.05, 0) is 11.5 Å². The summed E-state index contributed by atoms with van der Waals surface area (Å²) in [4.78, 5) is 0. The lowest BCUT2D eigenvalue weighted by molar-refractivity contribution is 0.799. The predicted molar refractivity (Wildman–Crippen MR) is 59.4 cm³/mol. The fourth-order valence-corrected chi connectivity index (χ4v) is 1.36. The van der Waals surface area contributed by atoms with Gasteiger partial charge in [0.25, 0.3) is 0 Å². The van der Waals surface area contributed by atoms with Crippen LogP contribution in [-0.2, 0) is 0 Å². The van der Waals surface area contributed by atoms with E-state index in [9.17, 15) is 0 Å². The largest absolute Gasteiger partial charge is 0.193 e. The molecule has 0 aliphatic rings. The minimum atomic E-state index is 0.0739. The summed E-state index contributed by atoms with van der Waals surface area (Å²) in [7, 11) is 0. The number of hydrogen-bond acceptors (Lipinski definition) is 2. The van der Waals surface area contributed by atoms with Crippen LogP contribution in [0, 0.1) is 28.6 Å². The van der Waals surface area contributed by atoms with Gasteiger partial charge in [0.1, 0.15) is 6.07 Å². The summed E-state index contributed by atoms with van der Waals surface area (Å²) >= 11 is 0. The summed E-state index contributed by atoms with van der Waals surface area (Å²) in [5.74, 6) is 0.0739. The van der Waals surface area contributed by atoms with E-state index in [1.807, 2.05) is 44.2 Å². The van der Waals surface area contributed by atoms with Crippen molar-refractivity contribution < 1.29 is 0 Å². The third-order valence-electron chi connectivity index (χ3n) is 2.14. The zero-order valence-electron chi connectivity index (χ0n) is 8.86. The molecule has 0 spiro atoms. The van der Waals surface area contributed by atoms with Crippen molar-refractivity contribution in [2.24, 2.45) is 5.92 Å². The number of benzene rings is 1. The molecule has 0 radical (unpaired) electrons. The normalized spacial score (nSPS) is 11.5. The highest BCUT2D eigenvalue weighted by atomic mass is 14.3. The minimum Gasteiger partial charge on any atom is -0.193 e. The van der Waals surface area contributed by atoms with Crippen molar-refractivity contribution in [3.05, 3.63) is 41.5 Å². The van der Waals surface area contributed by atoms with Crippen LogP contribution < -0.4 is 0 Å². The number of rotatable bonds is 2. The molecule has 0 atom stereocenters. The van der Waals surface area contributed by atoms with Gasteiger partial charge in [0, 0.05) is 0 Å². The Labute approximate surface area is 90.1 Å². The number of nitriles is 2. The molecular weight excluding hydrogens is 184 g/mol. The molecule has 2 heteroatoms. The maximum Gasteiger partial charge on any atom is 0.101 e. The van der Waals surface area contributed by atoms with Gasteiger partial charge in [0.2, 0.25) is 0 Å². The average Bonchev–Trinajstić information content (AvgIpc) is 2.26. The van der Waals surface area contributed by atoms with Gasteiger partial charge in [0.15, 0.2) is 0 Å². The summed E-state index contributed by atoms with van der Waals surface area (Å²) in [5.41, 5.74) is 1.84. The van der Waals surface area contributed by atoms with Gasteiger partial charge in [-0.15, -0.1) is 0 Å². The number of allylic oxidation sites excluding steroid dienone is 2. The Balaban J connectivity index is 3.33. The van der Waals surface area contributed by atoms with Crippen LogP contribution in [0.2, 0.25) is 0 Å². The molecule has 0 saturated carbocycles. The lowest BCUT2D eigenvalue weighted by Crippen LogP contribution is -1.96. The molecule has 0 fully saturated rings. The highest BCUT2D eigenvalue weighted by Crippen LogP contribution is 2.22. The quantitative estimate of drug-likeness (QED) is 0.682. The van der Waals surface area contributed by atoms with Gasteiger partial charge in [-0.1, -0.05) is 44.2 Å². The van der Waals surface area contributed by atoms with Gasteiger partial charge < -0.3 is 0 Å². The highest BCUT2D eigenvalue weighted by Gasteiger charge is 2.11. The third kappa shape index (κ3) is 2.45.